The molecule has 5 atom stereocenters. The fourth-order valence-electron chi connectivity index (χ4n) is 5.17. The van der Waals surface area contributed by atoms with Gasteiger partial charge in [0.1, 0.15) is 19.8 Å². The lowest BCUT2D eigenvalue weighted by atomic mass is 10.1. The minimum absolute atomic E-state index is 0.0357. The van der Waals surface area contributed by atoms with Gasteiger partial charge < -0.3 is 34.2 Å². The predicted octanol–water partition coefficient (Wildman–Crippen LogP) is 8.93. The van der Waals surface area contributed by atoms with Gasteiger partial charge in [-0.25, -0.2) is 4.57 Å². The summed E-state index contributed by atoms with van der Waals surface area (Å²) in [6, 6.07) is 0. The molecule has 0 aliphatic heterocycles. The molecule has 59 heavy (non-hydrogen) atoms. The van der Waals surface area contributed by atoms with Crippen molar-refractivity contribution in [2.75, 3.05) is 47.5 Å². The van der Waals surface area contributed by atoms with Crippen LogP contribution in [0.15, 0.2) is 85.1 Å². The fourth-order valence-corrected chi connectivity index (χ4v) is 5.91. The molecule has 0 saturated heterocycles. The molecule has 0 fully saturated rings. The molecule has 0 aromatic carbocycles. The Balaban J connectivity index is 4.79. The summed E-state index contributed by atoms with van der Waals surface area (Å²) in [6.07, 6.45) is 35.8. The summed E-state index contributed by atoms with van der Waals surface area (Å²) >= 11 is 0. The van der Waals surface area contributed by atoms with E-state index in [0.717, 1.165) is 57.8 Å². The minimum atomic E-state index is -4.47. The smallest absolute Gasteiger partial charge is 0.462 e. The topological polar surface area (TPSA) is 169 Å². The lowest BCUT2D eigenvalue weighted by Crippen LogP contribution is -2.37. The van der Waals surface area contributed by atoms with Gasteiger partial charge >= 0.3 is 19.8 Å². The number of hydrogen-bond donors (Lipinski definition) is 4. The summed E-state index contributed by atoms with van der Waals surface area (Å²) in [7, 11) is 1.25. The van der Waals surface area contributed by atoms with Crippen molar-refractivity contribution in [1.82, 2.24) is 0 Å². The zero-order chi connectivity index (χ0) is 44.0. The Morgan fingerprint density at radius 2 is 1.20 bits per heavy atom. The molecule has 1 unspecified atom stereocenters. The summed E-state index contributed by atoms with van der Waals surface area (Å²) in [5.74, 6) is -1.18. The van der Waals surface area contributed by atoms with Crippen LogP contribution >= 0.6 is 7.82 Å². The number of likely N-dealkylation sites (N-methyl/N-ethyl adjacent to an activating group) is 1. The van der Waals surface area contributed by atoms with E-state index in [1.165, 1.54) is 25.3 Å². The molecule has 0 aliphatic rings. The van der Waals surface area contributed by atoms with E-state index in [1.54, 1.807) is 42.5 Å². The molecular formula is C46H79NO11P+. The number of phosphoric ester groups is 1. The quantitative estimate of drug-likeness (QED) is 0.0118. The molecule has 0 aliphatic carbocycles. The maximum Gasteiger partial charge on any atom is 0.472 e. The van der Waals surface area contributed by atoms with Gasteiger partial charge in [-0.05, 0) is 64.2 Å². The number of phosphoric acid groups is 1. The Labute approximate surface area is 356 Å². The summed E-state index contributed by atoms with van der Waals surface area (Å²) in [5.41, 5.74) is 0. The van der Waals surface area contributed by atoms with E-state index < -0.39 is 57.4 Å². The zero-order valence-electron chi connectivity index (χ0n) is 36.8. The van der Waals surface area contributed by atoms with Gasteiger partial charge in [0.25, 0.3) is 0 Å². The second kappa shape index (κ2) is 36.9. The van der Waals surface area contributed by atoms with Crippen LogP contribution < -0.4 is 0 Å². The third-order valence-electron chi connectivity index (χ3n) is 8.76. The Hall–Kier alpha value is -2.93. The van der Waals surface area contributed by atoms with E-state index in [1.807, 2.05) is 21.1 Å². The Morgan fingerprint density at radius 3 is 1.83 bits per heavy atom. The number of hydrogen-bond acceptors (Lipinski definition) is 10. The lowest BCUT2D eigenvalue weighted by molar-refractivity contribution is -0.870. The molecule has 0 spiro atoms. The van der Waals surface area contributed by atoms with Crippen LogP contribution in [0.25, 0.3) is 0 Å². The van der Waals surface area contributed by atoms with Crippen molar-refractivity contribution in [2.45, 2.75) is 147 Å². The predicted molar refractivity (Wildman–Crippen MR) is 237 cm³/mol. The highest BCUT2D eigenvalue weighted by molar-refractivity contribution is 7.47. The van der Waals surface area contributed by atoms with Crippen LogP contribution in [-0.4, -0.2) is 109 Å². The molecule has 338 valence electrons. The standard InChI is InChI=1S/C46H78NO11P/c1-6-8-10-11-12-13-14-15-16-17-18-19-20-25-29-35-46(52)58-42(40-57-59(53,54)56-38-37-47(3,4)5)39-55-45(51)36-30-34-44(50)43(49)33-28-24-22-21-23-27-32-41(48)31-26-9-7-2/h12-13,15-16,18-19,21-24,27-28,32-33,41-44,48-50H,6-11,14,17,20,25-26,29-31,34-40H2,1-5H3/p+1/b13-12-,16-15-,19-18-,23-21-,24-22+,32-27+,33-28+/t41-,42-,43-,44-/m1/s1. The van der Waals surface area contributed by atoms with Crippen LogP contribution in [0.3, 0.4) is 0 Å². The fraction of sp³-hybridized carbons (Fsp3) is 0.652. The average Bonchev–Trinajstić information content (AvgIpc) is 3.17. The highest BCUT2D eigenvalue weighted by atomic mass is 31.2. The molecule has 0 radical (unpaired) electrons. The van der Waals surface area contributed by atoms with Gasteiger partial charge in [0.05, 0.1) is 46.1 Å². The maximum atomic E-state index is 12.7. The summed E-state index contributed by atoms with van der Waals surface area (Å²) in [4.78, 5) is 35.4. The number of esters is 2. The molecule has 0 amide bonds. The number of ether oxygens (including phenoxy) is 2. The monoisotopic (exact) mass is 853 g/mol. The molecule has 0 saturated carbocycles. The molecule has 4 N–H and O–H groups in total. The van der Waals surface area contributed by atoms with E-state index in [4.69, 9.17) is 18.5 Å². The van der Waals surface area contributed by atoms with E-state index in [-0.39, 0.29) is 32.3 Å². The van der Waals surface area contributed by atoms with E-state index in [9.17, 15) is 34.4 Å². The zero-order valence-corrected chi connectivity index (χ0v) is 37.7. The molecule has 0 bridgehead atoms. The lowest BCUT2D eigenvalue weighted by Gasteiger charge is -2.24. The molecule has 0 aromatic rings. The third kappa shape index (κ3) is 39.0. The van der Waals surface area contributed by atoms with E-state index in [2.05, 4.69) is 50.3 Å². The summed E-state index contributed by atoms with van der Waals surface area (Å²) in [6.45, 7) is 3.81. The van der Waals surface area contributed by atoms with Gasteiger partial charge in [0.2, 0.25) is 0 Å². The first-order chi connectivity index (χ1) is 28.2. The first-order valence-corrected chi connectivity index (χ1v) is 23.1. The van der Waals surface area contributed by atoms with Crippen molar-refractivity contribution in [3.63, 3.8) is 0 Å². The van der Waals surface area contributed by atoms with Gasteiger partial charge in [0.15, 0.2) is 6.10 Å². The number of aliphatic hydroxyl groups excluding tert-OH is 3. The normalized spacial score (nSPS) is 16.0. The van der Waals surface area contributed by atoms with Gasteiger partial charge in [-0.2, -0.15) is 0 Å². The average molecular weight is 853 g/mol. The van der Waals surface area contributed by atoms with Crippen LogP contribution in [0.2, 0.25) is 0 Å². The summed E-state index contributed by atoms with van der Waals surface area (Å²) < 4.78 is 33.9. The van der Waals surface area contributed by atoms with Crippen molar-refractivity contribution >= 4 is 19.8 Å². The molecule has 13 heteroatoms. The third-order valence-corrected chi connectivity index (χ3v) is 9.75. The van der Waals surface area contributed by atoms with Crippen molar-refractivity contribution < 1.29 is 57.4 Å². The number of quaternary nitrogens is 1. The van der Waals surface area contributed by atoms with Gasteiger partial charge in [-0.3, -0.25) is 18.6 Å². The molecule has 0 rings (SSSR count). The number of unbranched alkanes of at least 4 members (excludes halogenated alkanes) is 7. The molecular weight excluding hydrogens is 773 g/mol. The first kappa shape index (κ1) is 56.1. The van der Waals surface area contributed by atoms with E-state index >= 15 is 0 Å². The Kier molecular flexibility index (Phi) is 35.1. The Bertz CT molecular complexity index is 1330. The minimum Gasteiger partial charge on any atom is -0.462 e. The van der Waals surface area contributed by atoms with Crippen molar-refractivity contribution in [3.8, 4) is 0 Å². The van der Waals surface area contributed by atoms with Crippen LogP contribution in [0, 0.1) is 0 Å². The van der Waals surface area contributed by atoms with Crippen LogP contribution in [0.5, 0.6) is 0 Å². The number of rotatable bonds is 37. The van der Waals surface area contributed by atoms with E-state index in [0.29, 0.717) is 17.4 Å². The first-order valence-electron chi connectivity index (χ1n) is 21.6. The highest BCUT2D eigenvalue weighted by Crippen LogP contribution is 2.43. The van der Waals surface area contributed by atoms with Gasteiger partial charge in [-0.15, -0.1) is 0 Å². The van der Waals surface area contributed by atoms with Gasteiger partial charge in [-0.1, -0.05) is 131 Å². The Morgan fingerprint density at radius 1 is 0.644 bits per heavy atom. The second-order valence-corrected chi connectivity index (χ2v) is 17.0. The number of allylic oxidation sites excluding steroid dienone is 12. The molecule has 0 aromatic heterocycles. The summed E-state index contributed by atoms with van der Waals surface area (Å²) in [5, 5.41) is 30.5. The van der Waals surface area contributed by atoms with Crippen molar-refractivity contribution in [1.29, 1.82) is 0 Å². The molecule has 12 nitrogen and oxygen atoms in total. The van der Waals surface area contributed by atoms with Gasteiger partial charge in [0, 0.05) is 12.8 Å². The number of nitrogens with zero attached hydrogens (tertiary/aromatic N) is 1. The highest BCUT2D eigenvalue weighted by Gasteiger charge is 2.27. The number of carbonyl (C=O) groups is 2. The van der Waals surface area contributed by atoms with Crippen LogP contribution in [-0.2, 0) is 32.7 Å². The largest absolute Gasteiger partial charge is 0.472 e. The van der Waals surface area contributed by atoms with Crippen molar-refractivity contribution in [2.24, 2.45) is 0 Å². The maximum absolute atomic E-state index is 12.7. The second-order valence-electron chi connectivity index (χ2n) is 15.6. The molecule has 0 heterocycles. The SMILES string of the molecule is CCCCC/C=C\C/C=C\C/C=C\CCCCC(=O)O[C@H](COC(=O)CCC[C@@H](O)[C@H](O)/C=C/C=C/C=C\C=C\[C@H](O)CCCCC)COP(=O)(O)OCC[N+](C)(C)C. The van der Waals surface area contributed by atoms with Crippen LogP contribution in [0.1, 0.15) is 123 Å². The number of aliphatic hydroxyl groups is 3. The number of carbonyl (C=O) groups excluding carboxylic acids is 2. The van der Waals surface area contributed by atoms with Crippen molar-refractivity contribution in [3.05, 3.63) is 85.1 Å². The van der Waals surface area contributed by atoms with Crippen LogP contribution in [0.4, 0.5) is 0 Å².